The highest BCUT2D eigenvalue weighted by atomic mass is 32.1. The molecule has 2 aromatic carbocycles. The Bertz CT molecular complexity index is 827. The van der Waals surface area contributed by atoms with E-state index < -0.39 is 0 Å². The third-order valence-electron chi connectivity index (χ3n) is 5.02. The number of nitrogens with zero attached hydrogens (tertiary/aromatic N) is 1. The number of nitrogens with one attached hydrogen (secondary N) is 1. The van der Waals surface area contributed by atoms with Crippen LogP contribution in [0, 0.1) is 13.8 Å². The molecule has 136 valence electrons. The number of piperidine rings is 1. The standard InChI is InChI=1S/C21H24N2O2S/c1-14-7-8-16(13-15(14)2)20(24)22-17-9-11-23(12-10-17)21(25)18-5-3-4-6-19(18)26/h3-8,13,17,26H,9-12H2,1-2H3,(H,22,24). The van der Waals surface area contributed by atoms with Gasteiger partial charge in [0.1, 0.15) is 0 Å². The van der Waals surface area contributed by atoms with Crippen LogP contribution in [0.15, 0.2) is 47.4 Å². The molecule has 0 spiro atoms. The monoisotopic (exact) mass is 368 g/mol. The van der Waals surface area contributed by atoms with Gasteiger partial charge in [0, 0.05) is 29.6 Å². The zero-order valence-corrected chi connectivity index (χ0v) is 16.1. The van der Waals surface area contributed by atoms with E-state index in [0.29, 0.717) is 29.1 Å². The van der Waals surface area contributed by atoms with Gasteiger partial charge in [0.25, 0.3) is 11.8 Å². The van der Waals surface area contributed by atoms with Crippen molar-refractivity contribution in [3.05, 3.63) is 64.7 Å². The van der Waals surface area contributed by atoms with Crippen molar-refractivity contribution in [2.24, 2.45) is 0 Å². The molecule has 1 aliphatic rings. The average molecular weight is 369 g/mol. The number of carbonyl (C=O) groups is 2. The molecule has 0 radical (unpaired) electrons. The van der Waals surface area contributed by atoms with Gasteiger partial charge in [-0.15, -0.1) is 12.6 Å². The minimum Gasteiger partial charge on any atom is -0.349 e. The van der Waals surface area contributed by atoms with Crippen LogP contribution in [-0.2, 0) is 0 Å². The second-order valence-electron chi connectivity index (χ2n) is 6.86. The van der Waals surface area contributed by atoms with Gasteiger partial charge in [-0.25, -0.2) is 0 Å². The smallest absolute Gasteiger partial charge is 0.254 e. The first-order valence-electron chi connectivity index (χ1n) is 8.91. The molecule has 0 bridgehead atoms. The van der Waals surface area contributed by atoms with Crippen LogP contribution < -0.4 is 5.32 Å². The van der Waals surface area contributed by atoms with E-state index in [0.717, 1.165) is 18.4 Å². The predicted molar refractivity (Wildman–Crippen MR) is 106 cm³/mol. The summed E-state index contributed by atoms with van der Waals surface area (Å²) in [5.74, 6) is -0.0342. The van der Waals surface area contributed by atoms with Gasteiger partial charge in [-0.3, -0.25) is 9.59 Å². The molecule has 4 nitrogen and oxygen atoms in total. The molecular formula is C21H24N2O2S. The second-order valence-corrected chi connectivity index (χ2v) is 7.34. The van der Waals surface area contributed by atoms with Crippen LogP contribution in [0.3, 0.4) is 0 Å². The van der Waals surface area contributed by atoms with Crippen molar-refractivity contribution < 1.29 is 9.59 Å². The fraction of sp³-hybridized carbons (Fsp3) is 0.333. The summed E-state index contributed by atoms with van der Waals surface area (Å²) in [6.45, 7) is 5.32. The van der Waals surface area contributed by atoms with Gasteiger partial charge >= 0.3 is 0 Å². The summed E-state index contributed by atoms with van der Waals surface area (Å²) in [5.41, 5.74) is 3.62. The molecular weight excluding hydrogens is 344 g/mol. The van der Waals surface area contributed by atoms with Crippen LogP contribution in [0.2, 0.25) is 0 Å². The topological polar surface area (TPSA) is 49.4 Å². The van der Waals surface area contributed by atoms with Crippen molar-refractivity contribution in [3.8, 4) is 0 Å². The molecule has 1 heterocycles. The Morgan fingerprint density at radius 2 is 1.73 bits per heavy atom. The van der Waals surface area contributed by atoms with Crippen molar-refractivity contribution in [1.29, 1.82) is 0 Å². The van der Waals surface area contributed by atoms with Gasteiger partial charge < -0.3 is 10.2 Å². The van der Waals surface area contributed by atoms with Crippen molar-refractivity contribution in [1.82, 2.24) is 10.2 Å². The Hall–Kier alpha value is -2.27. The maximum atomic E-state index is 12.6. The first kappa shape index (κ1) is 18.5. The van der Waals surface area contributed by atoms with Gasteiger partial charge in [0.15, 0.2) is 0 Å². The zero-order valence-electron chi connectivity index (χ0n) is 15.2. The van der Waals surface area contributed by atoms with E-state index in [1.807, 2.05) is 55.1 Å². The van der Waals surface area contributed by atoms with Gasteiger partial charge in [-0.2, -0.15) is 0 Å². The van der Waals surface area contributed by atoms with Gasteiger partial charge in [-0.1, -0.05) is 18.2 Å². The molecule has 2 amide bonds. The number of carbonyl (C=O) groups excluding carboxylic acids is 2. The van der Waals surface area contributed by atoms with Crippen LogP contribution in [0.1, 0.15) is 44.7 Å². The van der Waals surface area contributed by atoms with E-state index in [1.54, 1.807) is 6.07 Å². The lowest BCUT2D eigenvalue weighted by Crippen LogP contribution is -2.46. The molecule has 3 rings (SSSR count). The number of aryl methyl sites for hydroxylation is 2. The molecule has 1 saturated heterocycles. The fourth-order valence-electron chi connectivity index (χ4n) is 3.20. The summed E-state index contributed by atoms with van der Waals surface area (Å²) in [7, 11) is 0. The number of likely N-dealkylation sites (tertiary alicyclic amines) is 1. The molecule has 2 aromatic rings. The van der Waals surface area contributed by atoms with Gasteiger partial charge in [0.05, 0.1) is 5.56 Å². The number of benzene rings is 2. The van der Waals surface area contributed by atoms with Crippen molar-refractivity contribution in [2.45, 2.75) is 37.6 Å². The zero-order chi connectivity index (χ0) is 18.7. The van der Waals surface area contributed by atoms with Crippen LogP contribution >= 0.6 is 12.6 Å². The van der Waals surface area contributed by atoms with E-state index in [-0.39, 0.29) is 17.9 Å². The van der Waals surface area contributed by atoms with Crippen molar-refractivity contribution >= 4 is 24.4 Å². The summed E-state index contributed by atoms with van der Waals surface area (Å²) in [6.07, 6.45) is 1.52. The maximum absolute atomic E-state index is 12.6. The fourth-order valence-corrected chi connectivity index (χ4v) is 3.46. The summed E-state index contributed by atoms with van der Waals surface area (Å²) in [4.78, 5) is 27.6. The van der Waals surface area contributed by atoms with E-state index in [9.17, 15) is 9.59 Å². The first-order valence-corrected chi connectivity index (χ1v) is 9.36. The molecule has 0 saturated carbocycles. The summed E-state index contributed by atoms with van der Waals surface area (Å²) < 4.78 is 0. The Morgan fingerprint density at radius 1 is 1.04 bits per heavy atom. The lowest BCUT2D eigenvalue weighted by molar-refractivity contribution is 0.0695. The Kier molecular flexibility index (Phi) is 5.67. The quantitative estimate of drug-likeness (QED) is 0.813. The minimum atomic E-state index is -0.0430. The van der Waals surface area contributed by atoms with E-state index in [4.69, 9.17) is 0 Å². The molecule has 26 heavy (non-hydrogen) atoms. The van der Waals surface area contributed by atoms with E-state index in [1.165, 1.54) is 5.56 Å². The summed E-state index contributed by atoms with van der Waals surface area (Å²) in [6, 6.07) is 13.2. The number of hydrogen-bond acceptors (Lipinski definition) is 3. The summed E-state index contributed by atoms with van der Waals surface area (Å²) >= 11 is 4.37. The highest BCUT2D eigenvalue weighted by Crippen LogP contribution is 2.19. The first-order chi connectivity index (χ1) is 12.5. The minimum absolute atomic E-state index is 0.00883. The molecule has 0 aliphatic carbocycles. The molecule has 1 N–H and O–H groups in total. The maximum Gasteiger partial charge on any atom is 0.254 e. The number of rotatable bonds is 3. The summed E-state index contributed by atoms with van der Waals surface area (Å²) in [5, 5.41) is 3.10. The molecule has 0 aromatic heterocycles. The lowest BCUT2D eigenvalue weighted by Gasteiger charge is -2.32. The van der Waals surface area contributed by atoms with Crippen molar-refractivity contribution in [2.75, 3.05) is 13.1 Å². The third-order valence-corrected chi connectivity index (χ3v) is 5.41. The molecule has 1 aliphatic heterocycles. The predicted octanol–water partition coefficient (Wildman–Crippen LogP) is 3.63. The molecule has 0 atom stereocenters. The normalized spacial score (nSPS) is 15.0. The van der Waals surface area contributed by atoms with Gasteiger partial charge in [0.2, 0.25) is 0 Å². The number of amides is 2. The Morgan fingerprint density at radius 3 is 2.38 bits per heavy atom. The second kappa shape index (κ2) is 7.96. The SMILES string of the molecule is Cc1ccc(C(=O)NC2CCN(C(=O)c3ccccc3S)CC2)cc1C. The van der Waals surface area contributed by atoms with Crippen LogP contribution in [0.25, 0.3) is 0 Å². The van der Waals surface area contributed by atoms with Crippen LogP contribution in [0.4, 0.5) is 0 Å². The highest BCUT2D eigenvalue weighted by molar-refractivity contribution is 7.80. The Balaban J connectivity index is 1.57. The van der Waals surface area contributed by atoms with E-state index >= 15 is 0 Å². The Labute approximate surface area is 160 Å². The number of hydrogen-bond donors (Lipinski definition) is 2. The highest BCUT2D eigenvalue weighted by Gasteiger charge is 2.25. The molecule has 1 fully saturated rings. The molecule has 5 heteroatoms. The van der Waals surface area contributed by atoms with E-state index in [2.05, 4.69) is 17.9 Å². The average Bonchev–Trinajstić information content (AvgIpc) is 2.64. The van der Waals surface area contributed by atoms with Gasteiger partial charge in [-0.05, 0) is 62.1 Å². The largest absolute Gasteiger partial charge is 0.349 e. The lowest BCUT2D eigenvalue weighted by atomic mass is 10.0. The third kappa shape index (κ3) is 4.10. The van der Waals surface area contributed by atoms with Crippen LogP contribution in [-0.4, -0.2) is 35.8 Å². The van der Waals surface area contributed by atoms with Crippen molar-refractivity contribution in [3.63, 3.8) is 0 Å². The molecule has 0 unspecified atom stereocenters. The van der Waals surface area contributed by atoms with Crippen LogP contribution in [0.5, 0.6) is 0 Å². The number of thiol groups is 1.